The number of aromatic nitrogens is 1. The van der Waals surface area contributed by atoms with Crippen LogP contribution in [0.4, 0.5) is 10.8 Å². The summed E-state index contributed by atoms with van der Waals surface area (Å²) in [6.07, 6.45) is 0. The van der Waals surface area contributed by atoms with Crippen molar-refractivity contribution in [2.75, 3.05) is 17.7 Å². The van der Waals surface area contributed by atoms with Crippen LogP contribution in [0, 0.1) is 6.92 Å². The maximum Gasteiger partial charge on any atom is 0.264 e. The summed E-state index contributed by atoms with van der Waals surface area (Å²) in [5.41, 5.74) is 7.08. The number of carbonyl (C=O) groups excluding carboxylic acids is 1. The molecule has 0 aliphatic heterocycles. The summed E-state index contributed by atoms with van der Waals surface area (Å²) >= 11 is 1.38. The number of hydrogen-bond acceptors (Lipinski definition) is 5. The highest BCUT2D eigenvalue weighted by Crippen LogP contribution is 2.19. The molecule has 94 valence electrons. The van der Waals surface area contributed by atoms with E-state index in [0.29, 0.717) is 16.6 Å². The van der Waals surface area contributed by atoms with E-state index in [4.69, 9.17) is 10.5 Å². The molecular formula is C12H13N3O2S. The summed E-state index contributed by atoms with van der Waals surface area (Å²) in [5.74, 6) is 0.246. The number of anilines is 2. The van der Waals surface area contributed by atoms with E-state index in [1.807, 2.05) is 12.3 Å². The third-order valence-electron chi connectivity index (χ3n) is 2.14. The smallest absolute Gasteiger partial charge is 0.264 e. The standard InChI is InChI=1S/C12H13N3O2S/c1-8-7-18-12(14-8)15-11(16)6-17-10-5-3-2-4-9(10)13/h2-5,7H,6,13H2,1H3,(H,14,15,16). The van der Waals surface area contributed by atoms with Crippen molar-refractivity contribution < 1.29 is 9.53 Å². The third-order valence-corrected chi connectivity index (χ3v) is 3.02. The Kier molecular flexibility index (Phi) is 3.78. The summed E-state index contributed by atoms with van der Waals surface area (Å²) in [6, 6.07) is 7.04. The van der Waals surface area contributed by atoms with Gasteiger partial charge in [-0.25, -0.2) is 4.98 Å². The minimum Gasteiger partial charge on any atom is -0.482 e. The van der Waals surface area contributed by atoms with E-state index < -0.39 is 0 Å². The molecule has 0 fully saturated rings. The van der Waals surface area contributed by atoms with E-state index in [2.05, 4.69) is 10.3 Å². The van der Waals surface area contributed by atoms with Gasteiger partial charge in [-0.05, 0) is 19.1 Å². The van der Waals surface area contributed by atoms with Gasteiger partial charge >= 0.3 is 0 Å². The first-order valence-electron chi connectivity index (χ1n) is 5.34. The summed E-state index contributed by atoms with van der Waals surface area (Å²) < 4.78 is 5.32. The van der Waals surface area contributed by atoms with Gasteiger partial charge < -0.3 is 10.5 Å². The topological polar surface area (TPSA) is 77.2 Å². The van der Waals surface area contributed by atoms with E-state index >= 15 is 0 Å². The number of ether oxygens (including phenoxy) is 1. The molecule has 1 amide bonds. The molecule has 0 aliphatic rings. The summed E-state index contributed by atoms with van der Waals surface area (Å²) in [5, 5.41) is 5.09. The van der Waals surface area contributed by atoms with Crippen LogP contribution in [-0.2, 0) is 4.79 Å². The van der Waals surface area contributed by atoms with Gasteiger partial charge in [0.1, 0.15) is 5.75 Å². The zero-order chi connectivity index (χ0) is 13.0. The van der Waals surface area contributed by atoms with Crippen LogP contribution >= 0.6 is 11.3 Å². The molecule has 0 saturated heterocycles. The number of nitrogens with two attached hydrogens (primary N) is 1. The van der Waals surface area contributed by atoms with Gasteiger partial charge in [0.2, 0.25) is 0 Å². The van der Waals surface area contributed by atoms with Gasteiger partial charge in [0, 0.05) is 5.38 Å². The van der Waals surface area contributed by atoms with E-state index in [-0.39, 0.29) is 12.5 Å². The van der Waals surface area contributed by atoms with Crippen LogP contribution in [0.2, 0.25) is 0 Å². The van der Waals surface area contributed by atoms with Crippen molar-refractivity contribution in [1.29, 1.82) is 0 Å². The predicted molar refractivity (Wildman–Crippen MR) is 71.8 cm³/mol. The van der Waals surface area contributed by atoms with Crippen LogP contribution in [0.1, 0.15) is 5.69 Å². The number of carbonyl (C=O) groups is 1. The summed E-state index contributed by atoms with van der Waals surface area (Å²) in [6.45, 7) is 1.78. The van der Waals surface area contributed by atoms with Gasteiger partial charge in [-0.3, -0.25) is 10.1 Å². The van der Waals surface area contributed by atoms with E-state index in [0.717, 1.165) is 5.69 Å². The van der Waals surface area contributed by atoms with Crippen molar-refractivity contribution in [3.63, 3.8) is 0 Å². The second-order valence-corrected chi connectivity index (χ2v) is 4.53. The van der Waals surface area contributed by atoms with E-state index in [1.54, 1.807) is 24.3 Å². The monoisotopic (exact) mass is 263 g/mol. The molecule has 18 heavy (non-hydrogen) atoms. The van der Waals surface area contributed by atoms with Crippen LogP contribution in [-0.4, -0.2) is 17.5 Å². The van der Waals surface area contributed by atoms with Gasteiger partial charge in [-0.2, -0.15) is 0 Å². The highest BCUT2D eigenvalue weighted by atomic mass is 32.1. The first-order chi connectivity index (χ1) is 8.65. The van der Waals surface area contributed by atoms with Crippen molar-refractivity contribution in [2.24, 2.45) is 0 Å². The molecule has 1 aromatic heterocycles. The number of nitrogens with zero attached hydrogens (tertiary/aromatic N) is 1. The summed E-state index contributed by atoms with van der Waals surface area (Å²) in [4.78, 5) is 15.7. The quantitative estimate of drug-likeness (QED) is 0.828. The molecule has 3 N–H and O–H groups in total. The van der Waals surface area contributed by atoms with Crippen LogP contribution in [0.5, 0.6) is 5.75 Å². The molecule has 0 aliphatic carbocycles. The number of para-hydroxylation sites is 2. The summed E-state index contributed by atoms with van der Waals surface area (Å²) in [7, 11) is 0. The Hall–Kier alpha value is -2.08. The Bertz CT molecular complexity index is 554. The lowest BCUT2D eigenvalue weighted by Crippen LogP contribution is -2.20. The lowest BCUT2D eigenvalue weighted by atomic mass is 10.3. The van der Waals surface area contributed by atoms with Crippen LogP contribution in [0.25, 0.3) is 0 Å². The largest absolute Gasteiger partial charge is 0.482 e. The van der Waals surface area contributed by atoms with Crippen LogP contribution in [0.15, 0.2) is 29.6 Å². The van der Waals surface area contributed by atoms with E-state index in [9.17, 15) is 4.79 Å². The molecular weight excluding hydrogens is 250 g/mol. The Morgan fingerprint density at radius 3 is 2.94 bits per heavy atom. The van der Waals surface area contributed by atoms with Crippen molar-refractivity contribution in [3.05, 3.63) is 35.3 Å². The first kappa shape index (κ1) is 12.4. The second kappa shape index (κ2) is 5.50. The molecule has 0 saturated carbocycles. The molecule has 5 nitrogen and oxygen atoms in total. The highest BCUT2D eigenvalue weighted by molar-refractivity contribution is 7.13. The van der Waals surface area contributed by atoms with E-state index in [1.165, 1.54) is 11.3 Å². The first-order valence-corrected chi connectivity index (χ1v) is 6.22. The molecule has 2 rings (SSSR count). The molecule has 0 atom stereocenters. The number of benzene rings is 1. The van der Waals surface area contributed by atoms with Crippen molar-refractivity contribution >= 4 is 28.1 Å². The number of rotatable bonds is 4. The Morgan fingerprint density at radius 1 is 1.50 bits per heavy atom. The normalized spacial score (nSPS) is 10.1. The number of amides is 1. The lowest BCUT2D eigenvalue weighted by Gasteiger charge is -2.07. The van der Waals surface area contributed by atoms with Gasteiger partial charge in [0.05, 0.1) is 11.4 Å². The number of nitrogens with one attached hydrogen (secondary N) is 1. The molecule has 0 unspecified atom stereocenters. The van der Waals surface area contributed by atoms with Crippen LogP contribution in [0.3, 0.4) is 0 Å². The fourth-order valence-electron chi connectivity index (χ4n) is 1.32. The molecule has 1 aromatic carbocycles. The number of hydrogen-bond donors (Lipinski definition) is 2. The Morgan fingerprint density at radius 2 is 2.28 bits per heavy atom. The Labute approximate surface area is 109 Å². The van der Waals surface area contributed by atoms with Crippen molar-refractivity contribution in [2.45, 2.75) is 6.92 Å². The molecule has 2 aromatic rings. The van der Waals surface area contributed by atoms with Crippen molar-refractivity contribution in [1.82, 2.24) is 4.98 Å². The SMILES string of the molecule is Cc1csc(NC(=O)COc2ccccc2N)n1. The molecule has 1 heterocycles. The maximum atomic E-state index is 11.6. The van der Waals surface area contributed by atoms with Gasteiger partial charge in [0.25, 0.3) is 5.91 Å². The highest BCUT2D eigenvalue weighted by Gasteiger charge is 2.07. The van der Waals surface area contributed by atoms with Crippen LogP contribution < -0.4 is 15.8 Å². The molecule has 0 spiro atoms. The molecule has 0 radical (unpaired) electrons. The number of aryl methyl sites for hydroxylation is 1. The minimum absolute atomic E-state index is 0.0904. The zero-order valence-corrected chi connectivity index (χ0v) is 10.7. The van der Waals surface area contributed by atoms with Crippen molar-refractivity contribution in [3.8, 4) is 5.75 Å². The average Bonchev–Trinajstić information content (AvgIpc) is 2.74. The minimum atomic E-state index is -0.257. The number of nitrogen functional groups attached to an aromatic ring is 1. The second-order valence-electron chi connectivity index (χ2n) is 3.67. The molecule has 0 bridgehead atoms. The third kappa shape index (κ3) is 3.21. The zero-order valence-electron chi connectivity index (χ0n) is 9.84. The van der Waals surface area contributed by atoms with Gasteiger partial charge in [-0.1, -0.05) is 12.1 Å². The lowest BCUT2D eigenvalue weighted by molar-refractivity contribution is -0.118. The maximum absolute atomic E-state index is 11.6. The fourth-order valence-corrected chi connectivity index (χ4v) is 2.03. The average molecular weight is 263 g/mol. The number of thiazole rings is 1. The molecule has 6 heteroatoms. The predicted octanol–water partition coefficient (Wildman–Crippen LogP) is 2.05. The van der Waals surface area contributed by atoms with Gasteiger partial charge in [0.15, 0.2) is 11.7 Å². The Balaban J connectivity index is 1.87. The fraction of sp³-hybridized carbons (Fsp3) is 0.167. The van der Waals surface area contributed by atoms with Gasteiger partial charge in [-0.15, -0.1) is 11.3 Å².